The highest BCUT2D eigenvalue weighted by molar-refractivity contribution is 5.45. The summed E-state index contributed by atoms with van der Waals surface area (Å²) in [7, 11) is 1.79. The van der Waals surface area contributed by atoms with Crippen molar-refractivity contribution in [1.82, 2.24) is 4.98 Å². The van der Waals surface area contributed by atoms with Crippen molar-refractivity contribution in [2.45, 2.75) is 13.3 Å². The second-order valence-electron chi connectivity index (χ2n) is 4.14. The molecule has 3 rings (SSSR count). The van der Waals surface area contributed by atoms with E-state index in [0.29, 0.717) is 19.2 Å². The fourth-order valence-electron chi connectivity index (χ4n) is 1.94. The SMILES string of the molecule is CNc1nc(Cc2ccc3c(c2)OCO3)c(C)o1. The maximum Gasteiger partial charge on any atom is 0.294 e. The molecule has 0 spiro atoms. The number of aromatic nitrogens is 1. The summed E-state index contributed by atoms with van der Waals surface area (Å²) in [6.45, 7) is 2.21. The highest BCUT2D eigenvalue weighted by atomic mass is 16.7. The van der Waals surface area contributed by atoms with Crippen molar-refractivity contribution >= 4 is 6.01 Å². The molecular weight excluding hydrogens is 232 g/mol. The third kappa shape index (κ3) is 1.88. The van der Waals surface area contributed by atoms with Crippen LogP contribution in [0.25, 0.3) is 0 Å². The Bertz CT molecular complexity index is 578. The van der Waals surface area contributed by atoms with Gasteiger partial charge >= 0.3 is 0 Å². The monoisotopic (exact) mass is 246 g/mol. The number of nitrogens with one attached hydrogen (secondary N) is 1. The van der Waals surface area contributed by atoms with Crippen molar-refractivity contribution in [3.8, 4) is 11.5 Å². The van der Waals surface area contributed by atoms with Crippen molar-refractivity contribution in [3.05, 3.63) is 35.2 Å². The van der Waals surface area contributed by atoms with Crippen LogP contribution in [0, 0.1) is 6.92 Å². The molecule has 0 fully saturated rings. The van der Waals surface area contributed by atoms with E-state index < -0.39 is 0 Å². The molecule has 0 aliphatic carbocycles. The molecule has 0 radical (unpaired) electrons. The lowest BCUT2D eigenvalue weighted by molar-refractivity contribution is 0.174. The first-order valence-corrected chi connectivity index (χ1v) is 5.79. The average Bonchev–Trinajstić information content (AvgIpc) is 2.96. The molecule has 1 aromatic heterocycles. The molecule has 5 heteroatoms. The van der Waals surface area contributed by atoms with Crippen molar-refractivity contribution in [2.75, 3.05) is 19.2 Å². The number of hydrogen-bond donors (Lipinski definition) is 1. The van der Waals surface area contributed by atoms with Gasteiger partial charge in [0.1, 0.15) is 5.76 Å². The van der Waals surface area contributed by atoms with Crippen LogP contribution in [0.1, 0.15) is 17.0 Å². The molecule has 5 nitrogen and oxygen atoms in total. The number of nitrogens with zero attached hydrogens (tertiary/aromatic N) is 1. The minimum atomic E-state index is 0.297. The highest BCUT2D eigenvalue weighted by Crippen LogP contribution is 2.33. The molecule has 0 unspecified atom stereocenters. The minimum absolute atomic E-state index is 0.297. The van der Waals surface area contributed by atoms with E-state index in [2.05, 4.69) is 10.3 Å². The Morgan fingerprint density at radius 3 is 2.89 bits per heavy atom. The van der Waals surface area contributed by atoms with Crippen LogP contribution in [-0.2, 0) is 6.42 Å². The zero-order valence-corrected chi connectivity index (χ0v) is 10.3. The Kier molecular flexibility index (Phi) is 2.59. The van der Waals surface area contributed by atoms with Gasteiger partial charge in [0, 0.05) is 13.5 Å². The van der Waals surface area contributed by atoms with Crippen LogP contribution in [0.3, 0.4) is 0 Å². The molecule has 2 heterocycles. The van der Waals surface area contributed by atoms with Gasteiger partial charge in [0.25, 0.3) is 6.01 Å². The Morgan fingerprint density at radius 2 is 2.11 bits per heavy atom. The largest absolute Gasteiger partial charge is 0.454 e. The molecule has 0 bridgehead atoms. The summed E-state index contributed by atoms with van der Waals surface area (Å²) in [5.74, 6) is 2.42. The molecule has 0 amide bonds. The van der Waals surface area contributed by atoms with Gasteiger partial charge in [-0.15, -0.1) is 0 Å². The molecule has 18 heavy (non-hydrogen) atoms. The standard InChI is InChI=1S/C13H14N2O3/c1-8-10(15-13(14-2)18-8)5-9-3-4-11-12(6-9)17-7-16-11/h3-4,6H,5,7H2,1-2H3,(H,14,15). The van der Waals surface area contributed by atoms with Crippen molar-refractivity contribution < 1.29 is 13.9 Å². The predicted octanol–water partition coefficient (Wildman–Crippen LogP) is 2.34. The van der Waals surface area contributed by atoms with Gasteiger partial charge in [0.2, 0.25) is 6.79 Å². The third-order valence-electron chi connectivity index (χ3n) is 2.92. The molecular formula is C13H14N2O3. The number of fused-ring (bicyclic) bond motifs is 1. The molecule has 1 aromatic carbocycles. The van der Waals surface area contributed by atoms with Crippen LogP contribution in [0.5, 0.6) is 11.5 Å². The van der Waals surface area contributed by atoms with Crippen LogP contribution in [0.15, 0.2) is 22.6 Å². The molecule has 1 aliphatic heterocycles. The summed E-state index contributed by atoms with van der Waals surface area (Å²) >= 11 is 0. The summed E-state index contributed by atoms with van der Waals surface area (Å²) in [6.07, 6.45) is 0.716. The van der Waals surface area contributed by atoms with Crippen molar-refractivity contribution in [2.24, 2.45) is 0 Å². The van der Waals surface area contributed by atoms with Crippen LogP contribution >= 0.6 is 0 Å². The lowest BCUT2D eigenvalue weighted by atomic mass is 10.1. The molecule has 1 aliphatic rings. The summed E-state index contributed by atoms with van der Waals surface area (Å²) in [5.41, 5.74) is 2.05. The van der Waals surface area contributed by atoms with E-state index in [1.165, 1.54) is 0 Å². The quantitative estimate of drug-likeness (QED) is 0.900. The van der Waals surface area contributed by atoms with E-state index in [9.17, 15) is 0 Å². The third-order valence-corrected chi connectivity index (χ3v) is 2.92. The maximum atomic E-state index is 5.45. The molecule has 1 N–H and O–H groups in total. The summed E-state index contributed by atoms with van der Waals surface area (Å²) in [6, 6.07) is 6.46. The first kappa shape index (κ1) is 11.0. The topological polar surface area (TPSA) is 56.5 Å². The van der Waals surface area contributed by atoms with E-state index in [0.717, 1.165) is 28.5 Å². The fraction of sp³-hybridized carbons (Fsp3) is 0.308. The molecule has 94 valence electrons. The van der Waals surface area contributed by atoms with Crippen LogP contribution in [0.2, 0.25) is 0 Å². The molecule has 0 atom stereocenters. The Labute approximate surface area is 105 Å². The smallest absolute Gasteiger partial charge is 0.294 e. The number of anilines is 1. The zero-order valence-electron chi connectivity index (χ0n) is 10.3. The van der Waals surface area contributed by atoms with E-state index in [1.54, 1.807) is 7.05 Å². The van der Waals surface area contributed by atoms with Gasteiger partial charge in [-0.2, -0.15) is 4.98 Å². The minimum Gasteiger partial charge on any atom is -0.454 e. The highest BCUT2D eigenvalue weighted by Gasteiger charge is 2.15. The van der Waals surface area contributed by atoms with Gasteiger partial charge in [-0.3, -0.25) is 0 Å². The Balaban J connectivity index is 1.85. The van der Waals surface area contributed by atoms with Crippen LogP contribution in [-0.4, -0.2) is 18.8 Å². The second kappa shape index (κ2) is 4.25. The first-order chi connectivity index (χ1) is 8.76. The van der Waals surface area contributed by atoms with E-state index in [-0.39, 0.29) is 0 Å². The normalized spacial score (nSPS) is 12.8. The van der Waals surface area contributed by atoms with E-state index in [1.807, 2.05) is 25.1 Å². The Hall–Kier alpha value is -2.17. The van der Waals surface area contributed by atoms with Gasteiger partial charge < -0.3 is 19.2 Å². The summed E-state index contributed by atoms with van der Waals surface area (Å²) in [4.78, 5) is 4.37. The van der Waals surface area contributed by atoms with Gasteiger partial charge in [0.05, 0.1) is 5.69 Å². The van der Waals surface area contributed by atoms with Gasteiger partial charge in [-0.05, 0) is 24.6 Å². The number of rotatable bonds is 3. The maximum absolute atomic E-state index is 5.45. The second-order valence-corrected chi connectivity index (χ2v) is 4.14. The van der Waals surface area contributed by atoms with E-state index in [4.69, 9.17) is 13.9 Å². The number of ether oxygens (including phenoxy) is 2. The van der Waals surface area contributed by atoms with Gasteiger partial charge in [-0.25, -0.2) is 0 Å². The lowest BCUT2D eigenvalue weighted by Crippen LogP contribution is -1.93. The molecule has 0 saturated heterocycles. The summed E-state index contributed by atoms with van der Waals surface area (Å²) < 4.78 is 16.1. The van der Waals surface area contributed by atoms with Crippen molar-refractivity contribution in [1.29, 1.82) is 0 Å². The van der Waals surface area contributed by atoms with Gasteiger partial charge in [0.15, 0.2) is 11.5 Å². The van der Waals surface area contributed by atoms with Gasteiger partial charge in [-0.1, -0.05) is 6.07 Å². The van der Waals surface area contributed by atoms with Crippen molar-refractivity contribution in [3.63, 3.8) is 0 Å². The molecule has 0 saturated carbocycles. The lowest BCUT2D eigenvalue weighted by Gasteiger charge is -2.01. The average molecular weight is 246 g/mol. The Morgan fingerprint density at radius 1 is 1.28 bits per heavy atom. The molecule has 2 aromatic rings. The number of hydrogen-bond acceptors (Lipinski definition) is 5. The number of aryl methyl sites for hydroxylation is 1. The predicted molar refractivity (Wildman–Crippen MR) is 66.2 cm³/mol. The first-order valence-electron chi connectivity index (χ1n) is 5.79. The number of oxazole rings is 1. The zero-order chi connectivity index (χ0) is 12.5. The summed E-state index contributed by atoms with van der Waals surface area (Å²) in [5, 5.41) is 2.89. The fourth-order valence-corrected chi connectivity index (χ4v) is 1.94. The van der Waals surface area contributed by atoms with Crippen LogP contribution in [0.4, 0.5) is 6.01 Å². The van der Waals surface area contributed by atoms with E-state index >= 15 is 0 Å². The van der Waals surface area contributed by atoms with Crippen LogP contribution < -0.4 is 14.8 Å². The number of benzene rings is 1.